The van der Waals surface area contributed by atoms with Crippen LogP contribution < -0.4 is 0 Å². The molecule has 0 aliphatic heterocycles. The quantitative estimate of drug-likeness (QED) is 0.571. The van der Waals surface area contributed by atoms with E-state index in [0.29, 0.717) is 0 Å². The summed E-state index contributed by atoms with van der Waals surface area (Å²) in [7, 11) is 0. The Kier molecular flexibility index (Phi) is 4.89. The van der Waals surface area contributed by atoms with Crippen molar-refractivity contribution in [3.63, 3.8) is 0 Å². The second-order valence-electron chi connectivity index (χ2n) is 3.30. The van der Waals surface area contributed by atoms with E-state index in [-0.39, 0.29) is 5.41 Å². The lowest BCUT2D eigenvalue weighted by molar-refractivity contribution is 0.137. The van der Waals surface area contributed by atoms with Crippen LogP contribution in [0.1, 0.15) is 33.6 Å². The van der Waals surface area contributed by atoms with E-state index in [4.69, 9.17) is 10.00 Å². The smallest absolute Gasteiger partial charge is 0.0683 e. The van der Waals surface area contributed by atoms with Crippen molar-refractivity contribution in [2.75, 3.05) is 13.2 Å². The minimum absolute atomic E-state index is 0.183. The van der Waals surface area contributed by atoms with Crippen LogP contribution in [-0.2, 0) is 4.74 Å². The summed E-state index contributed by atoms with van der Waals surface area (Å²) < 4.78 is 5.16. The Morgan fingerprint density at radius 2 is 2.09 bits per heavy atom. The molecule has 0 heterocycles. The summed E-state index contributed by atoms with van der Waals surface area (Å²) in [6.07, 6.45) is 1.90. The molecule has 0 saturated heterocycles. The predicted octanol–water partition coefficient (Wildman–Crippen LogP) is 2.35. The van der Waals surface area contributed by atoms with Gasteiger partial charge in [-0.05, 0) is 33.6 Å². The topological polar surface area (TPSA) is 33.0 Å². The summed E-state index contributed by atoms with van der Waals surface area (Å²) in [5.41, 5.74) is -0.183. The first-order valence-corrected chi connectivity index (χ1v) is 4.11. The molecule has 0 aromatic heterocycles. The summed E-state index contributed by atoms with van der Waals surface area (Å²) in [5.74, 6) is 0. The molecule has 0 unspecified atom stereocenters. The highest BCUT2D eigenvalue weighted by Crippen LogP contribution is 2.20. The van der Waals surface area contributed by atoms with E-state index in [9.17, 15) is 0 Å². The van der Waals surface area contributed by atoms with Gasteiger partial charge in [0.15, 0.2) is 0 Å². The van der Waals surface area contributed by atoms with E-state index in [1.165, 1.54) is 0 Å². The summed E-state index contributed by atoms with van der Waals surface area (Å²) in [6.45, 7) is 7.45. The maximum absolute atomic E-state index is 8.66. The maximum Gasteiger partial charge on any atom is 0.0683 e. The van der Waals surface area contributed by atoms with Crippen LogP contribution in [0.5, 0.6) is 0 Å². The second kappa shape index (κ2) is 5.15. The Balaban J connectivity index is 3.32. The number of nitriles is 1. The van der Waals surface area contributed by atoms with Crippen molar-refractivity contribution in [3.8, 4) is 6.07 Å². The molecule has 0 amide bonds. The molecule has 0 aromatic rings. The number of hydrogen-bond donors (Lipinski definition) is 0. The molecule has 0 fully saturated rings. The van der Waals surface area contributed by atoms with Gasteiger partial charge in [-0.1, -0.05) is 0 Å². The van der Waals surface area contributed by atoms with Gasteiger partial charge < -0.3 is 4.74 Å². The van der Waals surface area contributed by atoms with E-state index < -0.39 is 0 Å². The fourth-order valence-electron chi connectivity index (χ4n) is 0.816. The summed E-state index contributed by atoms with van der Waals surface area (Å²) in [6, 6.07) is 2.26. The number of hydrogen-bond acceptors (Lipinski definition) is 2. The molecule has 0 radical (unpaired) electrons. The summed E-state index contributed by atoms with van der Waals surface area (Å²) >= 11 is 0. The highest BCUT2D eigenvalue weighted by Gasteiger charge is 2.15. The molecule has 2 heteroatoms. The zero-order valence-corrected chi connectivity index (χ0v) is 7.68. The van der Waals surface area contributed by atoms with Crippen LogP contribution in [0.25, 0.3) is 0 Å². The lowest BCUT2D eigenvalue weighted by Gasteiger charge is -2.13. The Morgan fingerprint density at radius 3 is 2.55 bits per heavy atom. The van der Waals surface area contributed by atoms with E-state index in [0.717, 1.165) is 26.1 Å². The molecule has 0 atom stereocenters. The highest BCUT2D eigenvalue weighted by molar-refractivity contribution is 4.91. The molecule has 0 aromatic carbocycles. The molecular formula is C9H17NO. The molecule has 11 heavy (non-hydrogen) atoms. The summed E-state index contributed by atoms with van der Waals surface area (Å²) in [4.78, 5) is 0. The molecule has 0 aliphatic rings. The monoisotopic (exact) mass is 155 g/mol. The molecule has 0 aliphatic carbocycles. The molecule has 2 nitrogen and oxygen atoms in total. The Hall–Kier alpha value is -0.550. The van der Waals surface area contributed by atoms with E-state index >= 15 is 0 Å². The standard InChI is InChI=1S/C9H17NO/c1-4-11-7-5-6-9(2,3)8-10/h4-7H2,1-3H3. The molecule has 0 bridgehead atoms. The largest absolute Gasteiger partial charge is 0.382 e. The van der Waals surface area contributed by atoms with Gasteiger partial charge >= 0.3 is 0 Å². The fraction of sp³-hybridized carbons (Fsp3) is 0.889. The van der Waals surface area contributed by atoms with Gasteiger partial charge in [0.2, 0.25) is 0 Å². The normalized spacial score (nSPS) is 11.1. The highest BCUT2D eigenvalue weighted by atomic mass is 16.5. The maximum atomic E-state index is 8.66. The number of ether oxygens (including phenoxy) is 1. The second-order valence-corrected chi connectivity index (χ2v) is 3.30. The van der Waals surface area contributed by atoms with E-state index in [1.807, 2.05) is 20.8 Å². The lowest BCUT2D eigenvalue weighted by Crippen LogP contribution is -2.09. The minimum atomic E-state index is -0.183. The molecular weight excluding hydrogens is 138 g/mol. The third-order valence-electron chi connectivity index (χ3n) is 1.60. The first-order valence-electron chi connectivity index (χ1n) is 4.11. The first kappa shape index (κ1) is 10.4. The van der Waals surface area contributed by atoms with Crippen molar-refractivity contribution >= 4 is 0 Å². The third kappa shape index (κ3) is 5.87. The van der Waals surface area contributed by atoms with Crippen LogP contribution in [0.3, 0.4) is 0 Å². The fourth-order valence-corrected chi connectivity index (χ4v) is 0.816. The van der Waals surface area contributed by atoms with Gasteiger partial charge in [-0.15, -0.1) is 0 Å². The van der Waals surface area contributed by atoms with E-state index in [1.54, 1.807) is 0 Å². The van der Waals surface area contributed by atoms with Crippen LogP contribution in [-0.4, -0.2) is 13.2 Å². The molecule has 0 saturated carbocycles. The molecule has 0 spiro atoms. The molecule has 0 rings (SSSR count). The van der Waals surface area contributed by atoms with Gasteiger partial charge in [-0.25, -0.2) is 0 Å². The van der Waals surface area contributed by atoms with Crippen LogP contribution in [0, 0.1) is 16.7 Å². The average Bonchev–Trinajstić information content (AvgIpc) is 1.99. The number of nitrogens with zero attached hydrogens (tertiary/aromatic N) is 1. The Labute approximate surface area is 69.2 Å². The van der Waals surface area contributed by atoms with Crippen molar-refractivity contribution in [2.45, 2.75) is 33.6 Å². The Bertz CT molecular complexity index is 135. The van der Waals surface area contributed by atoms with Crippen molar-refractivity contribution in [1.29, 1.82) is 5.26 Å². The van der Waals surface area contributed by atoms with Crippen LogP contribution >= 0.6 is 0 Å². The van der Waals surface area contributed by atoms with Gasteiger partial charge in [0.1, 0.15) is 0 Å². The summed E-state index contributed by atoms with van der Waals surface area (Å²) in [5, 5.41) is 8.66. The van der Waals surface area contributed by atoms with Crippen molar-refractivity contribution < 1.29 is 4.74 Å². The number of rotatable bonds is 5. The van der Waals surface area contributed by atoms with Gasteiger partial charge in [-0.2, -0.15) is 5.26 Å². The van der Waals surface area contributed by atoms with Crippen LogP contribution in [0.2, 0.25) is 0 Å². The van der Waals surface area contributed by atoms with Crippen LogP contribution in [0.4, 0.5) is 0 Å². The van der Waals surface area contributed by atoms with Crippen molar-refractivity contribution in [1.82, 2.24) is 0 Å². The van der Waals surface area contributed by atoms with Gasteiger partial charge in [0, 0.05) is 13.2 Å². The molecule has 64 valence electrons. The first-order chi connectivity index (χ1) is 5.12. The van der Waals surface area contributed by atoms with E-state index in [2.05, 4.69) is 6.07 Å². The third-order valence-corrected chi connectivity index (χ3v) is 1.60. The SMILES string of the molecule is CCOCCCC(C)(C)C#N. The molecule has 0 N–H and O–H groups in total. The zero-order chi connectivity index (χ0) is 8.74. The van der Waals surface area contributed by atoms with Gasteiger partial charge in [0.25, 0.3) is 0 Å². The van der Waals surface area contributed by atoms with Crippen LogP contribution in [0.15, 0.2) is 0 Å². The predicted molar refractivity (Wildman–Crippen MR) is 45.1 cm³/mol. The lowest BCUT2D eigenvalue weighted by atomic mass is 9.90. The van der Waals surface area contributed by atoms with Gasteiger partial charge in [-0.3, -0.25) is 0 Å². The minimum Gasteiger partial charge on any atom is -0.382 e. The van der Waals surface area contributed by atoms with Gasteiger partial charge in [0.05, 0.1) is 11.5 Å². The zero-order valence-electron chi connectivity index (χ0n) is 7.68. The van der Waals surface area contributed by atoms with Crippen molar-refractivity contribution in [3.05, 3.63) is 0 Å². The van der Waals surface area contributed by atoms with Crippen molar-refractivity contribution in [2.24, 2.45) is 5.41 Å². The average molecular weight is 155 g/mol. The Morgan fingerprint density at radius 1 is 1.45 bits per heavy atom.